The summed E-state index contributed by atoms with van der Waals surface area (Å²) in [5.74, 6) is 0.270. The summed E-state index contributed by atoms with van der Waals surface area (Å²) in [6, 6.07) is 11.8. The summed E-state index contributed by atoms with van der Waals surface area (Å²) < 4.78 is 0. The summed E-state index contributed by atoms with van der Waals surface area (Å²) in [7, 11) is 0. The summed E-state index contributed by atoms with van der Waals surface area (Å²) in [5, 5.41) is 1.28. The highest BCUT2D eigenvalue weighted by Crippen LogP contribution is 2.35. The molecule has 0 unspecified atom stereocenters. The van der Waals surface area contributed by atoms with Crippen LogP contribution in [0.3, 0.4) is 0 Å². The first-order valence-electron chi connectivity index (χ1n) is 9.11. The number of benzene rings is 1. The smallest absolute Gasteiger partial charge is 0.260 e. The number of fused-ring (bicyclic) bond motifs is 1. The molecule has 1 fully saturated rings. The Bertz CT molecular complexity index is 1020. The predicted molar refractivity (Wildman–Crippen MR) is 103 cm³/mol. The van der Waals surface area contributed by atoms with E-state index in [0.29, 0.717) is 19.0 Å². The fraction of sp³-hybridized carbons (Fsp3) is 0.333. The van der Waals surface area contributed by atoms with Crippen molar-refractivity contribution in [2.45, 2.75) is 32.6 Å². The third kappa shape index (κ3) is 2.83. The number of piperidine rings is 1. The molecule has 0 saturated carbocycles. The number of H-pyrrole nitrogens is 2. The third-order valence-electron chi connectivity index (χ3n) is 5.42. The zero-order valence-corrected chi connectivity index (χ0v) is 15.1. The largest absolute Gasteiger partial charge is 0.358 e. The SMILES string of the molecule is Cc1ccc(C(=O)N2CCC(c3c(C)[nH]c4ccccc34)CC2)c(=O)[nH]1. The van der Waals surface area contributed by atoms with Crippen LogP contribution in [0.2, 0.25) is 0 Å². The van der Waals surface area contributed by atoms with Crippen LogP contribution in [-0.4, -0.2) is 33.9 Å². The lowest BCUT2D eigenvalue weighted by molar-refractivity contribution is 0.0711. The van der Waals surface area contributed by atoms with Crippen molar-refractivity contribution in [1.29, 1.82) is 0 Å². The van der Waals surface area contributed by atoms with Gasteiger partial charge >= 0.3 is 0 Å². The van der Waals surface area contributed by atoms with E-state index in [1.165, 1.54) is 22.2 Å². The van der Waals surface area contributed by atoms with E-state index in [-0.39, 0.29) is 17.0 Å². The van der Waals surface area contributed by atoms with Crippen LogP contribution in [0.1, 0.15) is 46.1 Å². The second-order valence-corrected chi connectivity index (χ2v) is 7.16. The number of nitrogens with zero attached hydrogens (tertiary/aromatic N) is 1. The summed E-state index contributed by atoms with van der Waals surface area (Å²) >= 11 is 0. The van der Waals surface area contributed by atoms with Crippen LogP contribution in [0.4, 0.5) is 0 Å². The van der Waals surface area contributed by atoms with Gasteiger partial charge < -0.3 is 14.9 Å². The number of likely N-dealkylation sites (tertiary alicyclic amines) is 1. The molecule has 4 rings (SSSR count). The number of aromatic amines is 2. The summed E-state index contributed by atoms with van der Waals surface area (Å²) in [4.78, 5) is 32.8. The van der Waals surface area contributed by atoms with Crippen molar-refractivity contribution < 1.29 is 4.79 Å². The van der Waals surface area contributed by atoms with E-state index in [0.717, 1.165) is 18.5 Å². The van der Waals surface area contributed by atoms with Gasteiger partial charge in [0, 0.05) is 35.4 Å². The summed E-state index contributed by atoms with van der Waals surface area (Å²) in [6.07, 6.45) is 1.83. The Hall–Kier alpha value is -2.82. The maximum Gasteiger partial charge on any atom is 0.260 e. The number of hydrogen-bond donors (Lipinski definition) is 2. The first-order chi connectivity index (χ1) is 12.5. The Balaban J connectivity index is 1.53. The van der Waals surface area contributed by atoms with Crippen LogP contribution in [0.25, 0.3) is 10.9 Å². The fourth-order valence-electron chi connectivity index (χ4n) is 4.11. The number of rotatable bonds is 2. The fourth-order valence-corrected chi connectivity index (χ4v) is 4.11. The number of hydrogen-bond acceptors (Lipinski definition) is 2. The maximum atomic E-state index is 12.7. The van der Waals surface area contributed by atoms with Gasteiger partial charge in [-0.1, -0.05) is 18.2 Å². The number of pyridine rings is 1. The summed E-state index contributed by atoms with van der Waals surface area (Å²) in [5.41, 5.74) is 4.46. The van der Waals surface area contributed by atoms with E-state index in [1.54, 1.807) is 17.0 Å². The standard InChI is InChI=1S/C21H23N3O2/c1-13-7-8-17(20(25)22-13)21(26)24-11-9-15(10-12-24)19-14(2)23-18-6-4-3-5-16(18)19/h3-8,15,23H,9-12H2,1-2H3,(H,22,25). The molecule has 0 radical (unpaired) electrons. The number of carbonyl (C=O) groups is 1. The Morgan fingerprint density at radius 3 is 2.50 bits per heavy atom. The molecule has 1 saturated heterocycles. The Morgan fingerprint density at radius 2 is 1.77 bits per heavy atom. The number of para-hydroxylation sites is 1. The van der Waals surface area contributed by atoms with Crippen LogP contribution >= 0.6 is 0 Å². The zero-order chi connectivity index (χ0) is 18.3. The third-order valence-corrected chi connectivity index (χ3v) is 5.42. The lowest BCUT2D eigenvalue weighted by atomic mass is 9.87. The second kappa shape index (κ2) is 6.48. The molecule has 1 amide bonds. The van der Waals surface area contributed by atoms with E-state index >= 15 is 0 Å². The first-order valence-corrected chi connectivity index (χ1v) is 9.11. The molecule has 5 nitrogen and oxygen atoms in total. The van der Waals surface area contributed by atoms with Crippen molar-refractivity contribution in [2.24, 2.45) is 0 Å². The highest BCUT2D eigenvalue weighted by molar-refractivity contribution is 5.94. The lowest BCUT2D eigenvalue weighted by Crippen LogP contribution is -2.40. The lowest BCUT2D eigenvalue weighted by Gasteiger charge is -2.32. The van der Waals surface area contributed by atoms with Crippen molar-refractivity contribution in [3.63, 3.8) is 0 Å². The van der Waals surface area contributed by atoms with Crippen LogP contribution in [0.15, 0.2) is 41.2 Å². The molecular weight excluding hydrogens is 326 g/mol. The molecule has 1 aliphatic rings. The minimum absolute atomic E-state index is 0.166. The molecule has 0 atom stereocenters. The molecule has 0 spiro atoms. The van der Waals surface area contributed by atoms with Gasteiger partial charge in [-0.05, 0) is 56.4 Å². The second-order valence-electron chi connectivity index (χ2n) is 7.16. The van der Waals surface area contributed by atoms with Crippen molar-refractivity contribution in [3.05, 3.63) is 69.3 Å². The maximum absolute atomic E-state index is 12.7. The van der Waals surface area contributed by atoms with Gasteiger partial charge in [0.05, 0.1) is 0 Å². The van der Waals surface area contributed by atoms with Gasteiger partial charge in [-0.2, -0.15) is 0 Å². The van der Waals surface area contributed by atoms with E-state index in [9.17, 15) is 9.59 Å². The number of amides is 1. The molecule has 3 aromatic rings. The van der Waals surface area contributed by atoms with Gasteiger partial charge in [-0.25, -0.2) is 0 Å². The Labute approximate surface area is 152 Å². The van der Waals surface area contributed by atoms with E-state index in [4.69, 9.17) is 0 Å². The molecule has 26 heavy (non-hydrogen) atoms. The highest BCUT2D eigenvalue weighted by Gasteiger charge is 2.28. The van der Waals surface area contributed by atoms with Gasteiger partial charge in [0.15, 0.2) is 0 Å². The number of carbonyl (C=O) groups excluding carboxylic acids is 1. The quantitative estimate of drug-likeness (QED) is 0.743. The number of aryl methyl sites for hydroxylation is 2. The van der Waals surface area contributed by atoms with Crippen LogP contribution in [-0.2, 0) is 0 Å². The average Bonchev–Trinajstić information content (AvgIpc) is 2.97. The first kappa shape index (κ1) is 16.6. The van der Waals surface area contributed by atoms with E-state index < -0.39 is 0 Å². The monoisotopic (exact) mass is 349 g/mol. The molecular formula is C21H23N3O2. The Morgan fingerprint density at radius 1 is 1.04 bits per heavy atom. The number of nitrogens with one attached hydrogen (secondary N) is 2. The molecule has 0 aliphatic carbocycles. The topological polar surface area (TPSA) is 69.0 Å². The molecule has 1 aromatic carbocycles. The minimum atomic E-state index is -0.301. The predicted octanol–water partition coefficient (Wildman–Crippen LogP) is 3.49. The van der Waals surface area contributed by atoms with Gasteiger partial charge in [0.1, 0.15) is 5.56 Å². The normalized spacial score (nSPS) is 15.5. The van der Waals surface area contributed by atoms with Gasteiger partial charge in [-0.3, -0.25) is 9.59 Å². The highest BCUT2D eigenvalue weighted by atomic mass is 16.2. The van der Waals surface area contributed by atoms with E-state index in [2.05, 4.69) is 35.1 Å². The van der Waals surface area contributed by atoms with Crippen molar-refractivity contribution in [2.75, 3.05) is 13.1 Å². The summed E-state index contributed by atoms with van der Waals surface area (Å²) in [6.45, 7) is 5.29. The molecule has 134 valence electrons. The molecule has 3 heterocycles. The molecule has 2 N–H and O–H groups in total. The van der Waals surface area contributed by atoms with Gasteiger partial charge in [0.25, 0.3) is 11.5 Å². The van der Waals surface area contributed by atoms with Crippen LogP contribution in [0, 0.1) is 13.8 Å². The van der Waals surface area contributed by atoms with E-state index in [1.807, 2.05) is 13.0 Å². The zero-order valence-electron chi connectivity index (χ0n) is 15.1. The molecule has 1 aliphatic heterocycles. The van der Waals surface area contributed by atoms with Crippen LogP contribution in [0.5, 0.6) is 0 Å². The van der Waals surface area contributed by atoms with Gasteiger partial charge in [0.2, 0.25) is 0 Å². The van der Waals surface area contributed by atoms with Gasteiger partial charge in [-0.15, -0.1) is 0 Å². The van der Waals surface area contributed by atoms with Crippen molar-refractivity contribution >= 4 is 16.8 Å². The van der Waals surface area contributed by atoms with Crippen LogP contribution < -0.4 is 5.56 Å². The molecule has 0 bridgehead atoms. The average molecular weight is 349 g/mol. The van der Waals surface area contributed by atoms with Crippen molar-refractivity contribution in [1.82, 2.24) is 14.9 Å². The Kier molecular flexibility index (Phi) is 4.15. The molecule has 2 aromatic heterocycles. The van der Waals surface area contributed by atoms with Crippen molar-refractivity contribution in [3.8, 4) is 0 Å². The number of aromatic nitrogens is 2. The minimum Gasteiger partial charge on any atom is -0.358 e. The molecule has 5 heteroatoms.